The van der Waals surface area contributed by atoms with E-state index in [1.54, 1.807) is 0 Å². The molecule has 0 aliphatic carbocycles. The summed E-state index contributed by atoms with van der Waals surface area (Å²) in [5, 5.41) is 0. The van der Waals surface area contributed by atoms with Gasteiger partial charge in [-0.2, -0.15) is 18.2 Å². The van der Waals surface area contributed by atoms with Crippen LogP contribution < -0.4 is 0 Å². The Morgan fingerprint density at radius 1 is 1.00 bits per heavy atom. The van der Waals surface area contributed by atoms with Crippen molar-refractivity contribution in [3.8, 4) is 0 Å². The van der Waals surface area contributed by atoms with Gasteiger partial charge in [-0.15, -0.1) is 0 Å². The predicted molar refractivity (Wildman–Crippen MR) is 52.7 cm³/mol. The van der Waals surface area contributed by atoms with Crippen LogP contribution in [0.25, 0.3) is 0 Å². The molecule has 1 aromatic rings. The molecule has 15 heavy (non-hydrogen) atoms. The molecule has 0 aliphatic heterocycles. The summed E-state index contributed by atoms with van der Waals surface area (Å²) >= 11 is 1.50. The fourth-order valence-corrected chi connectivity index (χ4v) is 0.321. The minimum Gasteiger partial charge on any atom is -0.357 e. The summed E-state index contributed by atoms with van der Waals surface area (Å²) in [6.07, 6.45) is 5.33. The first-order chi connectivity index (χ1) is 6.91. The van der Waals surface area contributed by atoms with Gasteiger partial charge in [-0.1, -0.05) is 0 Å². The molecular weight excluding hydrogens is 296 g/mol. The maximum absolute atomic E-state index is 7.50. The SMILES string of the molecule is [C-]#[O+].[C-]#[O+].[C-]#[O+].[CH2-]SC.[Mo].c1cc[cH-]c1. The molecule has 1 rings (SSSR count). The first-order valence-corrected chi connectivity index (χ1v) is 4.37. The van der Waals surface area contributed by atoms with Crippen LogP contribution in [-0.4, -0.2) is 6.26 Å². The Morgan fingerprint density at radius 3 is 1.27 bits per heavy atom. The molecule has 0 aliphatic rings. The zero-order chi connectivity index (χ0) is 12.2. The standard InChI is InChI=1S/C5H5.C2H5S.3CO.Mo/c1-2-4-5-3-1;1-3-2;3*1-2;/h1-5H;1H2,2H3;;;;/q2*-1;;;;. The second-order valence-electron chi connectivity index (χ2n) is 1.25. The van der Waals surface area contributed by atoms with Crippen LogP contribution in [0.3, 0.4) is 0 Å². The van der Waals surface area contributed by atoms with Gasteiger partial charge in [-0.3, -0.25) is 6.26 Å². The summed E-state index contributed by atoms with van der Waals surface area (Å²) in [4.78, 5) is 0. The Bertz CT molecular complexity index is 161. The van der Waals surface area contributed by atoms with E-state index in [0.29, 0.717) is 0 Å². The van der Waals surface area contributed by atoms with E-state index >= 15 is 0 Å². The van der Waals surface area contributed by atoms with Crippen LogP contribution in [-0.2, 0) is 35.0 Å². The molecule has 0 spiro atoms. The molecule has 0 aromatic heterocycles. The fourth-order valence-electron chi connectivity index (χ4n) is 0.321. The minimum atomic E-state index is 0. The van der Waals surface area contributed by atoms with E-state index in [1.807, 2.05) is 36.6 Å². The summed E-state index contributed by atoms with van der Waals surface area (Å²) in [5.41, 5.74) is 0. The molecule has 5 heteroatoms. The smallest absolute Gasteiger partial charge is 0 e. The van der Waals surface area contributed by atoms with E-state index in [0.717, 1.165) is 0 Å². The topological polar surface area (TPSA) is 59.7 Å². The van der Waals surface area contributed by atoms with Crippen molar-refractivity contribution in [2.45, 2.75) is 0 Å². The first-order valence-electron chi connectivity index (χ1n) is 2.98. The molecular formula is C10H10MoO3S-2. The molecule has 0 amide bonds. The average molecular weight is 306 g/mol. The van der Waals surface area contributed by atoms with E-state index in [9.17, 15) is 0 Å². The van der Waals surface area contributed by atoms with Crippen LogP contribution in [0.2, 0.25) is 0 Å². The quantitative estimate of drug-likeness (QED) is 0.412. The Balaban J connectivity index is -0.0000000299. The van der Waals surface area contributed by atoms with Crippen molar-refractivity contribution < 1.29 is 35.0 Å². The van der Waals surface area contributed by atoms with Gasteiger partial charge in [-0.05, 0) is 6.26 Å². The third-order valence-corrected chi connectivity index (χ3v) is 0.556. The van der Waals surface area contributed by atoms with Crippen molar-refractivity contribution in [2.24, 2.45) is 0 Å². The van der Waals surface area contributed by atoms with Gasteiger partial charge in [0.1, 0.15) is 0 Å². The summed E-state index contributed by atoms with van der Waals surface area (Å²) in [6, 6.07) is 10.0. The third-order valence-electron chi connectivity index (χ3n) is 0.556. The molecule has 0 unspecified atom stereocenters. The van der Waals surface area contributed by atoms with Crippen molar-refractivity contribution in [3.63, 3.8) is 0 Å². The first kappa shape index (κ1) is 29.3. The van der Waals surface area contributed by atoms with Crippen molar-refractivity contribution in [3.05, 3.63) is 56.5 Å². The van der Waals surface area contributed by atoms with Gasteiger partial charge < -0.3 is 11.8 Å². The largest absolute Gasteiger partial charge is 0.357 e. The van der Waals surface area contributed by atoms with Crippen LogP contribution in [0.15, 0.2) is 30.3 Å². The van der Waals surface area contributed by atoms with E-state index in [1.165, 1.54) is 11.8 Å². The van der Waals surface area contributed by atoms with Crippen LogP contribution in [0.1, 0.15) is 0 Å². The Hall–Kier alpha value is -0.392. The van der Waals surface area contributed by atoms with Gasteiger partial charge in [0.05, 0.1) is 0 Å². The van der Waals surface area contributed by atoms with Gasteiger partial charge >= 0.3 is 33.9 Å². The molecule has 0 saturated heterocycles. The van der Waals surface area contributed by atoms with E-state index in [-0.39, 0.29) is 21.1 Å². The van der Waals surface area contributed by atoms with Gasteiger partial charge in [0.15, 0.2) is 0 Å². The Labute approximate surface area is 109 Å². The fraction of sp³-hybridized carbons (Fsp3) is 0.100. The normalized spacial score (nSPS) is 4.27. The average Bonchev–Trinajstić information content (AvgIpc) is 2.85. The second-order valence-corrected chi connectivity index (χ2v) is 1.83. The summed E-state index contributed by atoms with van der Waals surface area (Å²) < 4.78 is 22.5. The van der Waals surface area contributed by atoms with Crippen molar-refractivity contribution in [2.75, 3.05) is 6.26 Å². The van der Waals surface area contributed by atoms with Gasteiger partial charge in [0.25, 0.3) is 0 Å². The van der Waals surface area contributed by atoms with Crippen molar-refractivity contribution >= 4 is 11.8 Å². The molecule has 0 radical (unpaired) electrons. The molecule has 0 atom stereocenters. The van der Waals surface area contributed by atoms with E-state index < -0.39 is 0 Å². The minimum absolute atomic E-state index is 0. The van der Waals surface area contributed by atoms with Crippen molar-refractivity contribution in [1.82, 2.24) is 0 Å². The summed E-state index contributed by atoms with van der Waals surface area (Å²) in [5.74, 6) is 0. The summed E-state index contributed by atoms with van der Waals surface area (Å²) in [7, 11) is 0. The number of thioether (sulfide) groups is 1. The number of hydrogen-bond donors (Lipinski definition) is 0. The zero-order valence-corrected chi connectivity index (χ0v) is 11.0. The zero-order valence-electron chi connectivity index (χ0n) is 8.14. The molecule has 1 aromatic carbocycles. The monoisotopic (exact) mass is 308 g/mol. The molecule has 0 bridgehead atoms. The Morgan fingerprint density at radius 2 is 1.20 bits per heavy atom. The van der Waals surface area contributed by atoms with E-state index in [4.69, 9.17) is 14.0 Å². The molecule has 0 heterocycles. The van der Waals surface area contributed by atoms with E-state index in [2.05, 4.69) is 26.2 Å². The van der Waals surface area contributed by atoms with Gasteiger partial charge in [0, 0.05) is 21.1 Å². The second kappa shape index (κ2) is 68.8. The van der Waals surface area contributed by atoms with Crippen LogP contribution in [0.5, 0.6) is 0 Å². The summed E-state index contributed by atoms with van der Waals surface area (Å²) in [6.45, 7) is 13.5. The van der Waals surface area contributed by atoms with Crippen LogP contribution in [0, 0.1) is 26.2 Å². The third kappa shape index (κ3) is 86.3. The maximum Gasteiger partial charge on any atom is 0 e. The number of hydrogen-bond acceptors (Lipinski definition) is 1. The van der Waals surface area contributed by atoms with Crippen LogP contribution >= 0.6 is 11.8 Å². The maximum atomic E-state index is 7.50. The van der Waals surface area contributed by atoms with Crippen molar-refractivity contribution in [1.29, 1.82) is 0 Å². The van der Waals surface area contributed by atoms with Gasteiger partial charge in [-0.25, -0.2) is 12.1 Å². The van der Waals surface area contributed by atoms with Gasteiger partial charge in [0.2, 0.25) is 0 Å². The molecule has 3 nitrogen and oxygen atoms in total. The molecule has 0 N–H and O–H groups in total. The number of rotatable bonds is 0. The molecule has 82 valence electrons. The van der Waals surface area contributed by atoms with Crippen LogP contribution in [0.4, 0.5) is 0 Å². The molecule has 0 saturated carbocycles. The molecule has 0 fully saturated rings. The Kier molecular flexibility index (Phi) is 134. The predicted octanol–water partition coefficient (Wildman–Crippen LogP) is 2.43.